The molecule has 0 saturated carbocycles. The van der Waals surface area contributed by atoms with Crippen LogP contribution in [0.25, 0.3) is 0 Å². The maximum Gasteiger partial charge on any atom is 0.229 e. The molecule has 1 atom stereocenters. The first kappa shape index (κ1) is 13.5. The van der Waals surface area contributed by atoms with Gasteiger partial charge >= 0.3 is 0 Å². The van der Waals surface area contributed by atoms with Gasteiger partial charge in [-0.25, -0.2) is 0 Å². The van der Waals surface area contributed by atoms with Gasteiger partial charge in [-0.1, -0.05) is 0 Å². The van der Waals surface area contributed by atoms with Gasteiger partial charge in [0.25, 0.3) is 0 Å². The highest BCUT2D eigenvalue weighted by molar-refractivity contribution is 5.83. The normalized spacial score (nSPS) is 24.7. The number of hydrogen-bond donors (Lipinski definition) is 1. The molecule has 1 saturated heterocycles. The number of nitrogens with one attached hydrogen (secondary N) is 1. The van der Waals surface area contributed by atoms with Gasteiger partial charge in [-0.2, -0.15) is 0 Å². The van der Waals surface area contributed by atoms with Gasteiger partial charge in [0.1, 0.15) is 0 Å². The van der Waals surface area contributed by atoms with E-state index in [4.69, 9.17) is 4.74 Å². The maximum absolute atomic E-state index is 12.3. The Kier molecular flexibility index (Phi) is 5.22. The Morgan fingerprint density at radius 3 is 2.75 bits per heavy atom. The zero-order valence-corrected chi connectivity index (χ0v) is 10.7. The predicted octanol–water partition coefficient (Wildman–Crippen LogP) is 0.871. The molecule has 0 bridgehead atoms. The number of likely N-dealkylation sites (N-methyl/N-ethyl adjacent to an activating group) is 1. The van der Waals surface area contributed by atoms with Crippen molar-refractivity contribution in [2.75, 3.05) is 39.4 Å². The van der Waals surface area contributed by atoms with E-state index in [9.17, 15) is 4.79 Å². The van der Waals surface area contributed by atoms with Gasteiger partial charge in [-0.05, 0) is 33.7 Å². The number of amides is 1. The van der Waals surface area contributed by atoms with Crippen LogP contribution >= 0.6 is 0 Å². The molecule has 0 aliphatic carbocycles. The van der Waals surface area contributed by atoms with Crippen LogP contribution in [0.2, 0.25) is 0 Å². The van der Waals surface area contributed by atoms with Crippen molar-refractivity contribution in [2.24, 2.45) is 5.41 Å². The first-order chi connectivity index (χ1) is 7.64. The van der Waals surface area contributed by atoms with Crippen LogP contribution < -0.4 is 5.32 Å². The molecule has 0 aromatic heterocycles. The zero-order valence-electron chi connectivity index (χ0n) is 10.7. The van der Waals surface area contributed by atoms with E-state index < -0.39 is 0 Å². The van der Waals surface area contributed by atoms with E-state index in [1.807, 2.05) is 18.7 Å². The smallest absolute Gasteiger partial charge is 0.229 e. The molecular weight excluding hydrogens is 204 g/mol. The zero-order chi connectivity index (χ0) is 12.0. The monoisotopic (exact) mass is 228 g/mol. The second kappa shape index (κ2) is 6.21. The summed E-state index contributed by atoms with van der Waals surface area (Å²) in [6.45, 7) is 10.6. The molecule has 1 aliphatic rings. The van der Waals surface area contributed by atoms with E-state index in [1.165, 1.54) is 0 Å². The average Bonchev–Trinajstić information content (AvgIpc) is 2.72. The highest BCUT2D eigenvalue weighted by atomic mass is 16.5. The van der Waals surface area contributed by atoms with E-state index in [-0.39, 0.29) is 11.3 Å². The van der Waals surface area contributed by atoms with Crippen molar-refractivity contribution in [1.29, 1.82) is 0 Å². The summed E-state index contributed by atoms with van der Waals surface area (Å²) in [6, 6.07) is 0. The van der Waals surface area contributed by atoms with Crippen molar-refractivity contribution in [3.63, 3.8) is 0 Å². The summed E-state index contributed by atoms with van der Waals surface area (Å²) < 4.78 is 5.30. The summed E-state index contributed by atoms with van der Waals surface area (Å²) >= 11 is 0. The minimum atomic E-state index is -0.206. The lowest BCUT2D eigenvalue weighted by Gasteiger charge is -2.30. The molecule has 16 heavy (non-hydrogen) atoms. The lowest BCUT2D eigenvalue weighted by atomic mass is 9.88. The highest BCUT2D eigenvalue weighted by Gasteiger charge is 2.38. The fourth-order valence-corrected chi connectivity index (χ4v) is 2.10. The summed E-state index contributed by atoms with van der Waals surface area (Å²) in [5.41, 5.74) is -0.206. The quantitative estimate of drug-likeness (QED) is 0.686. The molecule has 1 unspecified atom stereocenters. The number of nitrogens with zero attached hydrogens (tertiary/aromatic N) is 1. The third-order valence-corrected chi connectivity index (χ3v) is 3.26. The molecule has 1 aliphatic heterocycles. The Labute approximate surface area is 98.3 Å². The topological polar surface area (TPSA) is 41.6 Å². The van der Waals surface area contributed by atoms with Gasteiger partial charge in [-0.3, -0.25) is 4.79 Å². The second-order valence-corrected chi connectivity index (χ2v) is 4.57. The van der Waals surface area contributed by atoms with Crippen LogP contribution in [-0.4, -0.2) is 50.2 Å². The molecule has 1 heterocycles. The van der Waals surface area contributed by atoms with E-state index in [0.717, 1.165) is 26.1 Å². The van der Waals surface area contributed by atoms with Gasteiger partial charge in [0, 0.05) is 26.2 Å². The summed E-state index contributed by atoms with van der Waals surface area (Å²) in [5, 5.41) is 3.26. The molecule has 0 aromatic rings. The van der Waals surface area contributed by atoms with Crippen molar-refractivity contribution in [2.45, 2.75) is 27.2 Å². The largest absolute Gasteiger partial charge is 0.380 e. The SMILES string of the molecule is CCOCCN(CC)C(=O)C1(C)CCNC1. The van der Waals surface area contributed by atoms with Gasteiger partial charge in [0.15, 0.2) is 0 Å². The first-order valence-corrected chi connectivity index (χ1v) is 6.22. The molecule has 94 valence electrons. The minimum absolute atomic E-state index is 0.206. The Balaban J connectivity index is 2.48. The van der Waals surface area contributed by atoms with E-state index >= 15 is 0 Å². The lowest BCUT2D eigenvalue weighted by molar-refractivity contribution is -0.140. The molecule has 0 aromatic carbocycles. The molecule has 1 amide bonds. The van der Waals surface area contributed by atoms with Crippen LogP contribution in [0.15, 0.2) is 0 Å². The van der Waals surface area contributed by atoms with Gasteiger partial charge in [0.2, 0.25) is 5.91 Å². The van der Waals surface area contributed by atoms with Crippen molar-refractivity contribution < 1.29 is 9.53 Å². The third kappa shape index (κ3) is 3.19. The molecular formula is C12H24N2O2. The predicted molar refractivity (Wildman–Crippen MR) is 64.3 cm³/mol. The number of ether oxygens (including phenoxy) is 1. The molecule has 0 spiro atoms. The average molecular weight is 228 g/mol. The molecule has 4 nitrogen and oxygen atoms in total. The number of rotatable bonds is 6. The minimum Gasteiger partial charge on any atom is -0.380 e. The fourth-order valence-electron chi connectivity index (χ4n) is 2.10. The molecule has 4 heteroatoms. The van der Waals surface area contributed by atoms with Crippen molar-refractivity contribution in [3.8, 4) is 0 Å². The molecule has 0 radical (unpaired) electrons. The van der Waals surface area contributed by atoms with Crippen molar-refractivity contribution >= 4 is 5.91 Å². The fraction of sp³-hybridized carbons (Fsp3) is 0.917. The van der Waals surface area contributed by atoms with E-state index in [0.29, 0.717) is 19.8 Å². The summed E-state index contributed by atoms with van der Waals surface area (Å²) in [6.07, 6.45) is 0.941. The molecule has 1 N–H and O–H groups in total. The van der Waals surface area contributed by atoms with E-state index in [2.05, 4.69) is 12.2 Å². The Bertz CT molecular complexity index is 225. The molecule has 1 fully saturated rings. The Morgan fingerprint density at radius 1 is 1.50 bits per heavy atom. The second-order valence-electron chi connectivity index (χ2n) is 4.57. The van der Waals surface area contributed by atoms with Gasteiger partial charge < -0.3 is 15.0 Å². The van der Waals surface area contributed by atoms with Crippen LogP contribution in [0.1, 0.15) is 27.2 Å². The maximum atomic E-state index is 12.3. The van der Waals surface area contributed by atoms with Crippen LogP contribution in [0.3, 0.4) is 0 Å². The molecule has 1 rings (SSSR count). The van der Waals surface area contributed by atoms with Crippen LogP contribution in [0.4, 0.5) is 0 Å². The van der Waals surface area contributed by atoms with Crippen molar-refractivity contribution in [3.05, 3.63) is 0 Å². The Morgan fingerprint density at radius 2 is 2.25 bits per heavy atom. The Hall–Kier alpha value is -0.610. The highest BCUT2D eigenvalue weighted by Crippen LogP contribution is 2.26. The number of carbonyl (C=O) groups excluding carboxylic acids is 1. The summed E-state index contributed by atoms with van der Waals surface area (Å²) in [5.74, 6) is 0.264. The van der Waals surface area contributed by atoms with Crippen LogP contribution in [0, 0.1) is 5.41 Å². The lowest BCUT2D eigenvalue weighted by Crippen LogP contribution is -2.44. The van der Waals surface area contributed by atoms with Gasteiger partial charge in [0.05, 0.1) is 12.0 Å². The first-order valence-electron chi connectivity index (χ1n) is 6.22. The third-order valence-electron chi connectivity index (χ3n) is 3.26. The number of carbonyl (C=O) groups is 1. The summed E-state index contributed by atoms with van der Waals surface area (Å²) in [4.78, 5) is 14.2. The van der Waals surface area contributed by atoms with Crippen molar-refractivity contribution in [1.82, 2.24) is 10.2 Å². The standard InChI is InChI=1S/C12H24N2O2/c1-4-14(8-9-16-5-2)11(15)12(3)6-7-13-10-12/h13H,4-10H2,1-3H3. The summed E-state index contributed by atoms with van der Waals surface area (Å²) in [7, 11) is 0. The van der Waals surface area contributed by atoms with Crippen LogP contribution in [-0.2, 0) is 9.53 Å². The van der Waals surface area contributed by atoms with Crippen LogP contribution in [0.5, 0.6) is 0 Å². The van der Waals surface area contributed by atoms with E-state index in [1.54, 1.807) is 0 Å². The number of hydrogen-bond acceptors (Lipinski definition) is 3. The van der Waals surface area contributed by atoms with Gasteiger partial charge in [-0.15, -0.1) is 0 Å².